The summed E-state index contributed by atoms with van der Waals surface area (Å²) < 4.78 is 57.3. The molecule has 2 atom stereocenters. The Hall–Kier alpha value is -3.00. The minimum Gasteiger partial charge on any atom is -0.434 e. The van der Waals surface area contributed by atoms with E-state index >= 15 is 0 Å². The van der Waals surface area contributed by atoms with E-state index in [0.717, 1.165) is 28.8 Å². The van der Waals surface area contributed by atoms with Gasteiger partial charge in [0.05, 0.1) is 23.1 Å². The highest BCUT2D eigenvalue weighted by atomic mass is 19.3. The summed E-state index contributed by atoms with van der Waals surface area (Å²) in [5, 5.41) is 9.08. The molecule has 1 N–H and O–H groups in total. The lowest BCUT2D eigenvalue weighted by molar-refractivity contribution is -0.0507. The van der Waals surface area contributed by atoms with Crippen molar-refractivity contribution in [1.82, 2.24) is 14.5 Å². The Bertz CT molecular complexity index is 1260. The fourth-order valence-corrected chi connectivity index (χ4v) is 4.75. The van der Waals surface area contributed by atoms with Crippen molar-refractivity contribution in [3.63, 3.8) is 0 Å². The van der Waals surface area contributed by atoms with Crippen LogP contribution in [0.15, 0.2) is 36.4 Å². The first-order valence-electron chi connectivity index (χ1n) is 11.7. The Morgan fingerprint density at radius 3 is 2.94 bits per heavy atom. The van der Waals surface area contributed by atoms with Gasteiger partial charge in [0.25, 0.3) is 5.91 Å². The summed E-state index contributed by atoms with van der Waals surface area (Å²) in [4.78, 5) is 18.9. The lowest BCUT2D eigenvalue weighted by atomic mass is 9.97. The van der Waals surface area contributed by atoms with Crippen molar-refractivity contribution in [1.29, 1.82) is 0 Å². The second-order valence-corrected chi connectivity index (χ2v) is 7.88. The molecule has 2 aliphatic rings. The number of halogens is 2. The van der Waals surface area contributed by atoms with Gasteiger partial charge >= 0.3 is 6.61 Å². The Morgan fingerprint density at radius 2 is 2.16 bits per heavy atom. The van der Waals surface area contributed by atoms with Gasteiger partial charge in [0, 0.05) is 35.2 Å². The molecule has 162 valence electrons. The Kier molecular flexibility index (Phi) is 4.09. The third-order valence-electron chi connectivity index (χ3n) is 6.09. The highest BCUT2D eigenvalue weighted by Crippen LogP contribution is 2.49. The minimum atomic E-state index is -3.10. The van der Waals surface area contributed by atoms with Gasteiger partial charge in [-0.05, 0) is 49.1 Å². The van der Waals surface area contributed by atoms with Gasteiger partial charge in [0.15, 0.2) is 0 Å². The number of hydrogen-bond donors (Lipinski definition) is 1. The van der Waals surface area contributed by atoms with Gasteiger partial charge in [-0.3, -0.25) is 4.79 Å². The summed E-state index contributed by atoms with van der Waals surface area (Å²) in [5.41, 5.74) is 2.66. The molecule has 0 fully saturated rings. The van der Waals surface area contributed by atoms with E-state index in [9.17, 15) is 13.6 Å². The Morgan fingerprint density at radius 1 is 1.29 bits per heavy atom. The summed E-state index contributed by atoms with van der Waals surface area (Å²) in [6, 6.07) is 8.52. The molecule has 8 heteroatoms. The van der Waals surface area contributed by atoms with Crippen LogP contribution in [-0.4, -0.2) is 45.7 Å². The molecule has 1 aromatic heterocycles. The van der Waals surface area contributed by atoms with Gasteiger partial charge in [0.1, 0.15) is 11.6 Å². The minimum absolute atomic E-state index is 0.0355. The molecule has 2 aliphatic heterocycles. The van der Waals surface area contributed by atoms with E-state index in [1.165, 1.54) is 18.2 Å². The highest BCUT2D eigenvalue weighted by Gasteiger charge is 2.44. The van der Waals surface area contributed by atoms with Crippen LogP contribution in [0.1, 0.15) is 62.8 Å². The van der Waals surface area contributed by atoms with E-state index in [-0.39, 0.29) is 29.9 Å². The van der Waals surface area contributed by atoms with Gasteiger partial charge < -0.3 is 19.3 Å². The lowest BCUT2D eigenvalue weighted by Crippen LogP contribution is -2.30. The van der Waals surface area contributed by atoms with Crippen LogP contribution in [0.5, 0.6) is 5.75 Å². The van der Waals surface area contributed by atoms with Crippen LogP contribution < -0.4 is 4.74 Å². The molecule has 2 aromatic carbocycles. The first-order valence-corrected chi connectivity index (χ1v) is 10.2. The van der Waals surface area contributed by atoms with E-state index in [1.807, 2.05) is 22.8 Å². The predicted octanol–water partition coefficient (Wildman–Crippen LogP) is 4.07. The summed E-state index contributed by atoms with van der Waals surface area (Å²) >= 11 is 0. The number of alkyl halides is 2. The third-order valence-corrected chi connectivity index (χ3v) is 6.09. The number of ether oxygens (including phenoxy) is 1. The van der Waals surface area contributed by atoms with Gasteiger partial charge in [0.2, 0.25) is 0 Å². The van der Waals surface area contributed by atoms with E-state index in [4.69, 9.17) is 14.0 Å². The largest absolute Gasteiger partial charge is 0.434 e. The molecule has 3 heterocycles. The third kappa shape index (κ3) is 3.17. The molecule has 0 saturated heterocycles. The summed E-state index contributed by atoms with van der Waals surface area (Å²) in [5.74, 6) is -0.495. The van der Waals surface area contributed by atoms with Crippen molar-refractivity contribution in [3.8, 4) is 5.75 Å². The second kappa shape index (κ2) is 7.60. The number of hydrogen-bond acceptors (Lipinski definition) is 4. The molecule has 1 amide bonds. The number of aromatic nitrogens is 2. The van der Waals surface area contributed by atoms with E-state index in [2.05, 4.69) is 4.98 Å². The lowest BCUT2D eigenvalue weighted by Gasteiger charge is -2.24. The molecule has 5 rings (SSSR count). The first-order chi connectivity index (χ1) is 16.2. The number of aliphatic hydroxyl groups excluding tert-OH is 1. The highest BCUT2D eigenvalue weighted by molar-refractivity contribution is 5.97. The Labute approximate surface area is 182 Å². The smallest absolute Gasteiger partial charge is 0.387 e. The molecule has 0 unspecified atom stereocenters. The molecule has 0 spiro atoms. The summed E-state index contributed by atoms with van der Waals surface area (Å²) in [7, 11) is 0. The maximum atomic E-state index is 13.4. The van der Waals surface area contributed by atoms with Gasteiger partial charge in [-0.2, -0.15) is 8.78 Å². The van der Waals surface area contributed by atoms with Crippen molar-refractivity contribution in [3.05, 3.63) is 58.9 Å². The van der Waals surface area contributed by atoms with Crippen LogP contribution in [0.25, 0.3) is 11.0 Å². The average molecular weight is 430 g/mol. The zero-order valence-electron chi connectivity index (χ0n) is 19.6. The number of rotatable bonds is 6. The number of carbonyl (C=O) groups excluding carboxylic acids is 1. The molecular weight excluding hydrogens is 404 g/mol. The van der Waals surface area contributed by atoms with Gasteiger partial charge in [-0.15, -0.1) is 0 Å². The van der Waals surface area contributed by atoms with Crippen molar-refractivity contribution in [2.75, 3.05) is 13.6 Å². The number of nitrogens with zero attached hydrogens (tertiary/aromatic N) is 3. The van der Waals surface area contributed by atoms with Crippen LogP contribution >= 0.6 is 0 Å². The van der Waals surface area contributed by atoms with E-state index in [1.54, 1.807) is 0 Å². The normalized spacial score (nSPS) is 21.5. The fourth-order valence-electron chi connectivity index (χ4n) is 4.75. The second-order valence-electron chi connectivity index (χ2n) is 7.88. The fraction of sp³-hybridized carbons (Fsp3) is 0.391. The molecule has 6 nitrogen and oxygen atoms in total. The molecule has 31 heavy (non-hydrogen) atoms. The van der Waals surface area contributed by atoms with Crippen LogP contribution in [0.2, 0.25) is 0 Å². The number of amides is 1. The number of fused-ring (bicyclic) bond motifs is 9. The number of aryl methyl sites for hydroxylation is 1. The Balaban J connectivity index is 1.73. The average Bonchev–Trinajstić information content (AvgIpc) is 3.26. The van der Waals surface area contributed by atoms with Crippen molar-refractivity contribution in [2.45, 2.75) is 44.4 Å². The van der Waals surface area contributed by atoms with Crippen LogP contribution in [-0.2, 0) is 6.42 Å². The number of aliphatic hydroxyl groups is 1. The van der Waals surface area contributed by atoms with E-state index in [0.29, 0.717) is 17.8 Å². The maximum absolute atomic E-state index is 13.4. The molecule has 0 radical (unpaired) electrons. The summed E-state index contributed by atoms with van der Waals surface area (Å²) in [6.45, 7) is -5.74. The number of imidazole rings is 1. The summed E-state index contributed by atoms with van der Waals surface area (Å²) in [6.07, 6.45) is 2.39. The standard InChI is InChI=1S/C23H23F2N3O3/c1-27-18-12-17(20-14(22(27)30)6-4-7-19(20)31-23(24)25)28-16-11-13(5-2-3-10-29)8-9-15(16)26-21(18)28/h4,6-9,11,17-18,23,29H,2-3,5,10,12H2,1H3/t17-,18-/m1/s1/i1D3. The van der Waals surface area contributed by atoms with Crippen LogP contribution in [0.4, 0.5) is 8.78 Å². The molecule has 0 saturated carbocycles. The molecule has 2 bridgehead atoms. The van der Waals surface area contributed by atoms with Crippen molar-refractivity contribution < 1.29 is 27.5 Å². The quantitative estimate of drug-likeness (QED) is 0.599. The zero-order valence-corrected chi connectivity index (χ0v) is 16.6. The molecular formula is C23H23F2N3O3. The number of carbonyl (C=O) groups is 1. The van der Waals surface area contributed by atoms with E-state index < -0.39 is 31.6 Å². The predicted molar refractivity (Wildman–Crippen MR) is 110 cm³/mol. The van der Waals surface area contributed by atoms with Crippen LogP contribution in [0.3, 0.4) is 0 Å². The van der Waals surface area contributed by atoms with Crippen molar-refractivity contribution >= 4 is 16.9 Å². The first kappa shape index (κ1) is 16.7. The SMILES string of the molecule is [2H]C([2H])([2H])N1C(=O)c2cccc(OC(F)F)c2[C@H]2C[C@@H]1c1nc3ccc(CCCCO)cc3n12. The topological polar surface area (TPSA) is 67.6 Å². The van der Waals surface area contributed by atoms with Gasteiger partial charge in [-0.25, -0.2) is 4.98 Å². The van der Waals surface area contributed by atoms with Crippen LogP contribution in [0, 0.1) is 0 Å². The zero-order chi connectivity index (χ0) is 24.2. The number of benzene rings is 2. The monoisotopic (exact) mass is 430 g/mol. The molecule has 0 aliphatic carbocycles. The van der Waals surface area contributed by atoms with Gasteiger partial charge in [-0.1, -0.05) is 12.1 Å². The number of unbranched alkanes of at least 4 members (excludes halogenated alkanes) is 1. The maximum Gasteiger partial charge on any atom is 0.387 e. The molecule has 3 aromatic rings. The van der Waals surface area contributed by atoms with Crippen molar-refractivity contribution in [2.24, 2.45) is 0 Å².